The molecular formula is C18H18ClNO3. The van der Waals surface area contributed by atoms with Crippen molar-refractivity contribution in [1.82, 2.24) is 0 Å². The number of carbonyl (C=O) groups excluding carboxylic acids is 2. The van der Waals surface area contributed by atoms with Gasteiger partial charge in [-0.05, 0) is 48.7 Å². The molecule has 0 bridgehead atoms. The minimum atomic E-state index is -0.427. The van der Waals surface area contributed by atoms with Gasteiger partial charge in [-0.25, -0.2) is 4.79 Å². The summed E-state index contributed by atoms with van der Waals surface area (Å²) in [6, 6.07) is 14.3. The molecule has 23 heavy (non-hydrogen) atoms. The van der Waals surface area contributed by atoms with Crippen molar-refractivity contribution in [3.8, 4) is 0 Å². The van der Waals surface area contributed by atoms with Gasteiger partial charge in [0.15, 0.2) is 0 Å². The molecule has 0 radical (unpaired) electrons. The molecule has 0 fully saturated rings. The number of amides is 1. The lowest BCUT2D eigenvalue weighted by Gasteiger charge is -2.07. The van der Waals surface area contributed by atoms with Crippen LogP contribution in [0.2, 0.25) is 5.02 Å². The van der Waals surface area contributed by atoms with E-state index in [-0.39, 0.29) is 5.91 Å². The van der Waals surface area contributed by atoms with E-state index in [4.69, 9.17) is 11.6 Å². The molecule has 4 nitrogen and oxygen atoms in total. The number of hydrogen-bond donors (Lipinski definition) is 1. The SMILES string of the molecule is COC(=O)c1cccc(NC(=O)CCCc2ccc(Cl)cc2)c1. The first-order valence-corrected chi connectivity index (χ1v) is 7.69. The smallest absolute Gasteiger partial charge is 0.337 e. The molecule has 0 aliphatic rings. The van der Waals surface area contributed by atoms with E-state index in [1.807, 2.05) is 24.3 Å². The molecule has 2 aromatic carbocycles. The highest BCUT2D eigenvalue weighted by atomic mass is 35.5. The second-order valence-electron chi connectivity index (χ2n) is 5.10. The van der Waals surface area contributed by atoms with Crippen molar-refractivity contribution in [3.05, 3.63) is 64.7 Å². The van der Waals surface area contributed by atoms with Crippen molar-refractivity contribution in [1.29, 1.82) is 0 Å². The van der Waals surface area contributed by atoms with Crippen LogP contribution in [0, 0.1) is 0 Å². The van der Waals surface area contributed by atoms with Crippen LogP contribution in [0.1, 0.15) is 28.8 Å². The van der Waals surface area contributed by atoms with E-state index >= 15 is 0 Å². The van der Waals surface area contributed by atoms with Gasteiger partial charge in [-0.3, -0.25) is 4.79 Å². The average molecular weight is 332 g/mol. The van der Waals surface area contributed by atoms with Crippen LogP contribution in [-0.2, 0) is 16.0 Å². The molecular weight excluding hydrogens is 314 g/mol. The van der Waals surface area contributed by atoms with Crippen molar-refractivity contribution in [3.63, 3.8) is 0 Å². The van der Waals surface area contributed by atoms with Crippen molar-refractivity contribution in [2.24, 2.45) is 0 Å². The van der Waals surface area contributed by atoms with Gasteiger partial charge in [0.1, 0.15) is 0 Å². The van der Waals surface area contributed by atoms with Gasteiger partial charge in [0.25, 0.3) is 0 Å². The summed E-state index contributed by atoms with van der Waals surface area (Å²) < 4.78 is 4.66. The zero-order chi connectivity index (χ0) is 16.7. The number of ether oxygens (including phenoxy) is 1. The summed E-state index contributed by atoms with van der Waals surface area (Å²) in [6.07, 6.45) is 1.96. The Morgan fingerprint density at radius 2 is 1.87 bits per heavy atom. The Balaban J connectivity index is 1.82. The number of methoxy groups -OCH3 is 1. The molecule has 120 valence electrons. The highest BCUT2D eigenvalue weighted by Crippen LogP contribution is 2.14. The van der Waals surface area contributed by atoms with Crippen molar-refractivity contribution in [2.75, 3.05) is 12.4 Å². The number of nitrogens with one attached hydrogen (secondary N) is 1. The van der Waals surface area contributed by atoms with E-state index in [0.717, 1.165) is 18.4 Å². The van der Waals surface area contributed by atoms with E-state index in [1.54, 1.807) is 24.3 Å². The van der Waals surface area contributed by atoms with Crippen LogP contribution < -0.4 is 5.32 Å². The van der Waals surface area contributed by atoms with Crippen LogP contribution in [0.4, 0.5) is 5.69 Å². The summed E-state index contributed by atoms with van der Waals surface area (Å²) in [6.45, 7) is 0. The Morgan fingerprint density at radius 3 is 2.57 bits per heavy atom. The van der Waals surface area contributed by atoms with Crippen LogP contribution in [-0.4, -0.2) is 19.0 Å². The number of esters is 1. The molecule has 0 spiro atoms. The maximum absolute atomic E-state index is 12.0. The van der Waals surface area contributed by atoms with E-state index in [1.165, 1.54) is 7.11 Å². The average Bonchev–Trinajstić information content (AvgIpc) is 2.56. The standard InChI is InChI=1S/C18H18ClNO3/c1-23-18(22)14-5-3-6-16(12-14)20-17(21)7-2-4-13-8-10-15(19)11-9-13/h3,5-6,8-12H,2,4,7H2,1H3,(H,20,21). The summed E-state index contributed by atoms with van der Waals surface area (Å²) in [5, 5.41) is 3.49. The minimum Gasteiger partial charge on any atom is -0.465 e. The van der Waals surface area contributed by atoms with E-state index in [2.05, 4.69) is 10.1 Å². The lowest BCUT2D eigenvalue weighted by molar-refractivity contribution is -0.116. The summed E-state index contributed by atoms with van der Waals surface area (Å²) >= 11 is 5.83. The van der Waals surface area contributed by atoms with Crippen LogP contribution in [0.15, 0.2) is 48.5 Å². The van der Waals surface area contributed by atoms with Gasteiger partial charge in [-0.1, -0.05) is 29.8 Å². The van der Waals surface area contributed by atoms with Crippen LogP contribution in [0.5, 0.6) is 0 Å². The highest BCUT2D eigenvalue weighted by Gasteiger charge is 2.07. The van der Waals surface area contributed by atoms with Gasteiger partial charge in [0, 0.05) is 17.1 Å². The lowest BCUT2D eigenvalue weighted by atomic mass is 10.1. The number of benzene rings is 2. The summed E-state index contributed by atoms with van der Waals surface area (Å²) in [5.74, 6) is -0.509. The molecule has 1 N–H and O–H groups in total. The molecule has 0 saturated carbocycles. The lowest BCUT2D eigenvalue weighted by Crippen LogP contribution is -2.12. The molecule has 0 saturated heterocycles. The predicted molar refractivity (Wildman–Crippen MR) is 90.8 cm³/mol. The van der Waals surface area contributed by atoms with Crippen molar-refractivity contribution < 1.29 is 14.3 Å². The minimum absolute atomic E-state index is 0.0824. The second-order valence-corrected chi connectivity index (χ2v) is 5.54. The number of aryl methyl sites for hydroxylation is 1. The highest BCUT2D eigenvalue weighted by molar-refractivity contribution is 6.30. The van der Waals surface area contributed by atoms with Crippen LogP contribution >= 0.6 is 11.6 Å². The number of hydrogen-bond acceptors (Lipinski definition) is 3. The van der Waals surface area contributed by atoms with Crippen molar-refractivity contribution in [2.45, 2.75) is 19.3 Å². The van der Waals surface area contributed by atoms with Gasteiger partial charge in [0.2, 0.25) is 5.91 Å². The zero-order valence-electron chi connectivity index (χ0n) is 12.8. The summed E-state index contributed by atoms with van der Waals surface area (Å²) in [5.41, 5.74) is 2.14. The fourth-order valence-electron chi connectivity index (χ4n) is 2.17. The molecule has 2 aromatic rings. The molecule has 0 atom stereocenters. The van der Waals surface area contributed by atoms with Gasteiger partial charge in [-0.15, -0.1) is 0 Å². The Morgan fingerprint density at radius 1 is 1.13 bits per heavy atom. The predicted octanol–water partition coefficient (Wildman–Crippen LogP) is 4.09. The fourth-order valence-corrected chi connectivity index (χ4v) is 2.30. The Labute approximate surface area is 140 Å². The molecule has 5 heteroatoms. The van der Waals surface area contributed by atoms with Gasteiger partial charge in [0.05, 0.1) is 12.7 Å². The third-order valence-electron chi connectivity index (χ3n) is 3.35. The molecule has 1 amide bonds. The molecule has 2 rings (SSSR count). The Hall–Kier alpha value is -2.33. The van der Waals surface area contributed by atoms with Crippen molar-refractivity contribution >= 4 is 29.2 Å². The van der Waals surface area contributed by atoms with E-state index < -0.39 is 5.97 Å². The second kappa shape index (κ2) is 8.34. The number of rotatable bonds is 6. The van der Waals surface area contributed by atoms with Gasteiger partial charge in [-0.2, -0.15) is 0 Å². The molecule has 0 aliphatic carbocycles. The number of anilines is 1. The summed E-state index contributed by atoms with van der Waals surface area (Å²) in [4.78, 5) is 23.4. The topological polar surface area (TPSA) is 55.4 Å². The van der Waals surface area contributed by atoms with Gasteiger partial charge >= 0.3 is 5.97 Å². The molecule has 0 unspecified atom stereocenters. The molecule has 0 heterocycles. The first kappa shape index (κ1) is 17.0. The van der Waals surface area contributed by atoms with Gasteiger partial charge < -0.3 is 10.1 Å². The van der Waals surface area contributed by atoms with E-state index in [0.29, 0.717) is 22.7 Å². The quantitative estimate of drug-likeness (QED) is 0.811. The Kier molecular flexibility index (Phi) is 6.18. The monoisotopic (exact) mass is 331 g/mol. The third-order valence-corrected chi connectivity index (χ3v) is 3.60. The fraction of sp³-hybridized carbons (Fsp3) is 0.222. The van der Waals surface area contributed by atoms with Crippen LogP contribution in [0.3, 0.4) is 0 Å². The zero-order valence-corrected chi connectivity index (χ0v) is 13.6. The largest absolute Gasteiger partial charge is 0.465 e. The maximum atomic E-state index is 12.0. The van der Waals surface area contributed by atoms with Crippen LogP contribution in [0.25, 0.3) is 0 Å². The summed E-state index contributed by atoms with van der Waals surface area (Å²) in [7, 11) is 1.32. The first-order chi connectivity index (χ1) is 11.1. The third kappa shape index (κ3) is 5.42. The molecule has 0 aliphatic heterocycles. The normalized spacial score (nSPS) is 10.2. The maximum Gasteiger partial charge on any atom is 0.337 e. The number of halogens is 1. The Bertz CT molecular complexity index is 683. The first-order valence-electron chi connectivity index (χ1n) is 7.31. The number of carbonyl (C=O) groups is 2. The molecule has 0 aromatic heterocycles. The van der Waals surface area contributed by atoms with E-state index in [9.17, 15) is 9.59 Å².